The number of pyridine rings is 2. The van der Waals surface area contributed by atoms with Crippen LogP contribution >= 0.6 is 24.0 Å². The number of methoxy groups -OCH3 is 1. The van der Waals surface area contributed by atoms with Gasteiger partial charge >= 0.3 is 6.18 Å². The molecule has 42 heavy (non-hydrogen) atoms. The Hall–Kier alpha value is -3.81. The summed E-state index contributed by atoms with van der Waals surface area (Å²) in [7, 11) is 1.47. The van der Waals surface area contributed by atoms with E-state index in [0.717, 1.165) is 18.2 Å². The van der Waals surface area contributed by atoms with Crippen molar-refractivity contribution in [1.82, 2.24) is 19.9 Å². The minimum atomic E-state index is -4.58. The Morgan fingerprint density at radius 3 is 2.60 bits per heavy atom. The molecule has 0 aliphatic carbocycles. The molecule has 1 aliphatic rings. The van der Waals surface area contributed by atoms with Gasteiger partial charge in [-0.2, -0.15) is 13.2 Å². The van der Waals surface area contributed by atoms with Crippen LogP contribution in [0.15, 0.2) is 45.7 Å². The minimum absolute atomic E-state index is 0. The Balaban J connectivity index is 0.00000405. The number of benzene rings is 1. The van der Waals surface area contributed by atoms with Gasteiger partial charge in [-0.25, -0.2) is 9.97 Å². The van der Waals surface area contributed by atoms with Gasteiger partial charge in [-0.05, 0) is 30.7 Å². The van der Waals surface area contributed by atoms with Crippen molar-refractivity contribution in [2.24, 2.45) is 0 Å². The first-order chi connectivity index (χ1) is 19.6. The molecule has 10 nitrogen and oxygen atoms in total. The highest BCUT2D eigenvalue weighted by Crippen LogP contribution is 2.34. The second-order valence-electron chi connectivity index (χ2n) is 9.30. The maximum absolute atomic E-state index is 13.8. The summed E-state index contributed by atoms with van der Waals surface area (Å²) in [6.07, 6.45) is -2.68. The van der Waals surface area contributed by atoms with Crippen LogP contribution in [0.3, 0.4) is 0 Å². The van der Waals surface area contributed by atoms with Gasteiger partial charge in [-0.15, -0.1) is 12.4 Å². The molecule has 1 amide bonds. The number of hydrogen-bond donors (Lipinski definition) is 2. The molecule has 0 atom stereocenters. The van der Waals surface area contributed by atoms with Crippen molar-refractivity contribution >= 4 is 52.5 Å². The van der Waals surface area contributed by atoms with Crippen LogP contribution in [0.25, 0.3) is 22.7 Å². The first kappa shape index (κ1) is 31.1. The van der Waals surface area contributed by atoms with Gasteiger partial charge in [0.15, 0.2) is 5.52 Å². The summed E-state index contributed by atoms with van der Waals surface area (Å²) in [5, 5.41) is 5.57. The van der Waals surface area contributed by atoms with Crippen LogP contribution in [0.2, 0.25) is 5.02 Å². The topological polar surface area (TPSA) is 115 Å². The lowest BCUT2D eigenvalue weighted by atomic mass is 10.1. The molecule has 4 aromatic rings. The van der Waals surface area contributed by atoms with Crippen LogP contribution < -0.4 is 25.7 Å². The second kappa shape index (κ2) is 12.6. The third-order valence-corrected chi connectivity index (χ3v) is 7.03. The number of anilines is 2. The largest absolute Gasteiger partial charge is 0.481 e. The molecule has 2 N–H and O–H groups in total. The van der Waals surface area contributed by atoms with Crippen LogP contribution in [0.5, 0.6) is 5.88 Å². The van der Waals surface area contributed by atoms with Crippen molar-refractivity contribution in [2.45, 2.75) is 26.1 Å². The molecule has 15 heteroatoms. The average Bonchev–Trinajstić information content (AvgIpc) is 3.41. The number of nitrogens with zero attached hydrogens (tertiary/aromatic N) is 4. The lowest BCUT2D eigenvalue weighted by molar-refractivity contribution is -0.137. The molecular formula is C27H27Cl2F3N6O4. The van der Waals surface area contributed by atoms with Crippen molar-refractivity contribution in [3.63, 3.8) is 0 Å². The molecule has 0 unspecified atom stereocenters. The fourth-order valence-corrected chi connectivity index (χ4v) is 5.01. The Labute approximate surface area is 249 Å². The standard InChI is InChI=1S/C27H26ClF3N6O4.ClH/c1-3-19-23(36-10-8-32-9-11-36)24(39)22-26(41-25(35-22)15-6-7-33-21(12-15)40-2)37(19)14-20(38)34-18-5-4-16(13-17(18)28)27(29,30)31;/h4-7,12-13,32H,3,8-11,14H2,1-2H3,(H,34,38);1H. The minimum Gasteiger partial charge on any atom is -0.481 e. The monoisotopic (exact) mass is 626 g/mol. The van der Waals surface area contributed by atoms with Crippen molar-refractivity contribution in [3.05, 3.63) is 63.0 Å². The van der Waals surface area contributed by atoms with E-state index in [1.165, 1.54) is 13.3 Å². The highest BCUT2D eigenvalue weighted by Gasteiger charge is 2.31. The fourth-order valence-electron chi connectivity index (χ4n) is 4.78. The normalized spacial score (nSPS) is 13.6. The number of piperazine rings is 1. The van der Waals surface area contributed by atoms with E-state index in [1.54, 1.807) is 16.7 Å². The van der Waals surface area contributed by atoms with Gasteiger partial charge in [0.25, 0.3) is 0 Å². The molecule has 5 rings (SSSR count). The number of carbonyl (C=O) groups excluding carboxylic acids is 1. The van der Waals surface area contributed by atoms with E-state index in [0.29, 0.717) is 55.4 Å². The number of rotatable bonds is 7. The second-order valence-corrected chi connectivity index (χ2v) is 9.71. The van der Waals surface area contributed by atoms with Gasteiger partial charge in [-0.1, -0.05) is 18.5 Å². The number of alkyl halides is 3. The Kier molecular flexibility index (Phi) is 9.34. The highest BCUT2D eigenvalue weighted by molar-refractivity contribution is 6.33. The maximum atomic E-state index is 13.8. The molecule has 3 aromatic heterocycles. The Morgan fingerprint density at radius 1 is 1.21 bits per heavy atom. The van der Waals surface area contributed by atoms with Crippen molar-refractivity contribution in [1.29, 1.82) is 0 Å². The number of halogens is 5. The quantitative estimate of drug-likeness (QED) is 0.302. The van der Waals surface area contributed by atoms with Gasteiger partial charge < -0.3 is 29.3 Å². The fraction of sp³-hybridized carbons (Fsp3) is 0.333. The summed E-state index contributed by atoms with van der Waals surface area (Å²) < 4.78 is 52.0. The molecule has 1 fully saturated rings. The maximum Gasteiger partial charge on any atom is 0.416 e. The van der Waals surface area contributed by atoms with Gasteiger partial charge in [-0.3, -0.25) is 9.59 Å². The zero-order valence-electron chi connectivity index (χ0n) is 22.5. The van der Waals surface area contributed by atoms with E-state index >= 15 is 0 Å². The number of aromatic nitrogens is 3. The lowest BCUT2D eigenvalue weighted by Crippen LogP contribution is -2.46. The number of oxazole rings is 1. The third kappa shape index (κ3) is 6.18. The van der Waals surface area contributed by atoms with Gasteiger partial charge in [0, 0.05) is 49.7 Å². The van der Waals surface area contributed by atoms with Crippen LogP contribution in [0, 0.1) is 0 Å². The van der Waals surface area contributed by atoms with Crippen molar-refractivity contribution in [3.8, 4) is 17.3 Å². The number of carbonyl (C=O) groups is 1. The van der Waals surface area contributed by atoms with Crippen LogP contribution in [-0.4, -0.2) is 53.7 Å². The van der Waals surface area contributed by atoms with E-state index in [9.17, 15) is 22.8 Å². The SMILES string of the molecule is CCc1c(N2CCNCC2)c(=O)c2nc(-c3ccnc(OC)c3)oc2n1CC(=O)Nc1ccc(C(F)(F)F)cc1Cl.Cl. The third-order valence-electron chi connectivity index (χ3n) is 6.72. The summed E-state index contributed by atoms with van der Waals surface area (Å²) in [4.78, 5) is 37.6. The van der Waals surface area contributed by atoms with E-state index in [2.05, 4.69) is 20.6 Å². The van der Waals surface area contributed by atoms with Crippen LogP contribution in [0.4, 0.5) is 24.5 Å². The summed E-state index contributed by atoms with van der Waals surface area (Å²) in [5.41, 5.74) is 0.399. The van der Waals surface area contributed by atoms with E-state index in [4.69, 9.17) is 20.8 Å². The highest BCUT2D eigenvalue weighted by atomic mass is 35.5. The Bertz CT molecular complexity index is 1670. The predicted octanol–water partition coefficient (Wildman–Crippen LogP) is 4.76. The van der Waals surface area contributed by atoms with Crippen molar-refractivity contribution < 1.29 is 27.1 Å². The van der Waals surface area contributed by atoms with E-state index < -0.39 is 17.6 Å². The van der Waals surface area contributed by atoms with Crippen molar-refractivity contribution in [2.75, 3.05) is 43.5 Å². The Morgan fingerprint density at radius 2 is 1.95 bits per heavy atom. The van der Waals surface area contributed by atoms with Crippen LogP contribution in [0.1, 0.15) is 18.2 Å². The molecule has 1 aliphatic heterocycles. The summed E-state index contributed by atoms with van der Waals surface area (Å²) in [5.74, 6) is -0.123. The molecule has 1 aromatic carbocycles. The molecule has 0 radical (unpaired) electrons. The molecule has 1 saturated heterocycles. The summed E-state index contributed by atoms with van der Waals surface area (Å²) in [6.45, 7) is 4.05. The number of fused-ring (bicyclic) bond motifs is 1. The lowest BCUT2D eigenvalue weighted by Gasteiger charge is -2.31. The zero-order valence-corrected chi connectivity index (χ0v) is 24.1. The van der Waals surface area contributed by atoms with E-state index in [1.807, 2.05) is 11.8 Å². The zero-order chi connectivity index (χ0) is 29.3. The van der Waals surface area contributed by atoms with Gasteiger partial charge in [0.1, 0.15) is 12.2 Å². The summed E-state index contributed by atoms with van der Waals surface area (Å²) >= 11 is 6.06. The number of amides is 1. The molecule has 0 saturated carbocycles. The molecule has 224 valence electrons. The number of ether oxygens (including phenoxy) is 1. The molecule has 0 bridgehead atoms. The molecular weight excluding hydrogens is 600 g/mol. The predicted molar refractivity (Wildman–Crippen MR) is 155 cm³/mol. The van der Waals surface area contributed by atoms with Crippen LogP contribution in [-0.2, 0) is 23.9 Å². The van der Waals surface area contributed by atoms with Gasteiger partial charge in [0.2, 0.25) is 28.8 Å². The molecule has 0 spiro atoms. The van der Waals surface area contributed by atoms with E-state index in [-0.39, 0.29) is 52.2 Å². The first-order valence-electron chi connectivity index (χ1n) is 12.8. The van der Waals surface area contributed by atoms with Gasteiger partial charge in [0.05, 0.1) is 23.4 Å². The first-order valence-corrected chi connectivity index (χ1v) is 13.2. The average molecular weight is 627 g/mol. The smallest absolute Gasteiger partial charge is 0.416 e. The molecule has 4 heterocycles. The number of hydrogen-bond acceptors (Lipinski definition) is 8. The summed E-state index contributed by atoms with van der Waals surface area (Å²) in [6, 6.07) is 5.95. The number of nitrogens with one attached hydrogen (secondary N) is 2.